The fraction of sp³-hybridized carbons (Fsp3) is 0.200. The molecule has 8 nitrogen and oxygen atoms in total. The number of para-hydroxylation sites is 2. The highest BCUT2D eigenvalue weighted by Crippen LogP contribution is 2.21. The number of hydrazone groups is 1. The first-order valence-corrected chi connectivity index (χ1v) is 9.49. The molecule has 2 rings (SSSR count). The highest BCUT2D eigenvalue weighted by Gasteiger charge is 2.09. The van der Waals surface area contributed by atoms with E-state index in [4.69, 9.17) is 4.74 Å². The van der Waals surface area contributed by atoms with Gasteiger partial charge in [-0.25, -0.2) is 5.43 Å². The Hall–Kier alpha value is -3.20. The van der Waals surface area contributed by atoms with E-state index >= 15 is 0 Å². The summed E-state index contributed by atoms with van der Waals surface area (Å²) in [6, 6.07) is 13.9. The molecule has 0 aliphatic carbocycles. The maximum Gasteiger partial charge on any atom is 0.277 e. The summed E-state index contributed by atoms with van der Waals surface area (Å²) in [6.45, 7) is 2.81. The van der Waals surface area contributed by atoms with Crippen molar-refractivity contribution < 1.29 is 19.1 Å². The van der Waals surface area contributed by atoms with Crippen molar-refractivity contribution in [3.05, 3.63) is 53.0 Å². The van der Waals surface area contributed by atoms with Crippen LogP contribution in [0.2, 0.25) is 0 Å². The molecule has 0 atom stereocenters. The molecule has 0 bridgehead atoms. The van der Waals surface area contributed by atoms with Gasteiger partial charge in [0.15, 0.2) is 6.61 Å². The van der Waals surface area contributed by atoms with Gasteiger partial charge >= 0.3 is 0 Å². The Labute approximate surface area is 176 Å². The summed E-state index contributed by atoms with van der Waals surface area (Å²) in [4.78, 5) is 35.3. The maximum absolute atomic E-state index is 12.2. The van der Waals surface area contributed by atoms with E-state index < -0.39 is 5.91 Å². The second-order valence-electron chi connectivity index (χ2n) is 6.08. The van der Waals surface area contributed by atoms with Crippen LogP contribution in [0.3, 0.4) is 0 Å². The van der Waals surface area contributed by atoms with Crippen LogP contribution in [0.1, 0.15) is 20.3 Å². The van der Waals surface area contributed by atoms with Crippen LogP contribution in [0.4, 0.5) is 11.4 Å². The molecule has 2 aromatic carbocycles. The molecule has 152 valence electrons. The molecule has 2 aromatic rings. The summed E-state index contributed by atoms with van der Waals surface area (Å²) >= 11 is 3.32. The van der Waals surface area contributed by atoms with Gasteiger partial charge in [0.2, 0.25) is 11.8 Å². The van der Waals surface area contributed by atoms with E-state index in [1.54, 1.807) is 55.5 Å². The lowest BCUT2D eigenvalue weighted by Crippen LogP contribution is -2.26. The quantitative estimate of drug-likeness (QED) is 0.414. The van der Waals surface area contributed by atoms with Crippen molar-refractivity contribution in [2.45, 2.75) is 20.3 Å². The molecule has 29 heavy (non-hydrogen) atoms. The standard InChI is InChI=1S/C20H21BrN4O4/c1-13(24-25-20(28)12-29-16-9-7-15(21)8-10-16)11-19(27)23-18-6-4-3-5-17(18)22-14(2)26/h3-10H,11-12H2,1-2H3,(H,22,26)(H,23,27)(H,25,28). The predicted molar refractivity (Wildman–Crippen MR) is 115 cm³/mol. The minimum absolute atomic E-state index is 0.0255. The molecule has 0 unspecified atom stereocenters. The first kappa shape index (κ1) is 22.1. The minimum atomic E-state index is -0.441. The van der Waals surface area contributed by atoms with Crippen LogP contribution in [-0.4, -0.2) is 30.0 Å². The molecule has 0 saturated heterocycles. The molecule has 0 aliphatic heterocycles. The van der Waals surface area contributed by atoms with Crippen molar-refractivity contribution in [2.24, 2.45) is 5.10 Å². The molecule has 3 amide bonds. The summed E-state index contributed by atoms with van der Waals surface area (Å²) in [7, 11) is 0. The van der Waals surface area contributed by atoms with Gasteiger partial charge in [0.1, 0.15) is 5.75 Å². The third-order valence-electron chi connectivity index (χ3n) is 3.48. The number of amides is 3. The van der Waals surface area contributed by atoms with Crippen LogP contribution in [0.25, 0.3) is 0 Å². The summed E-state index contributed by atoms with van der Waals surface area (Å²) in [5.41, 5.74) is 3.74. The molecule has 0 heterocycles. The van der Waals surface area contributed by atoms with Crippen molar-refractivity contribution in [1.29, 1.82) is 0 Å². The van der Waals surface area contributed by atoms with E-state index in [2.05, 4.69) is 37.1 Å². The van der Waals surface area contributed by atoms with Gasteiger partial charge < -0.3 is 15.4 Å². The number of anilines is 2. The summed E-state index contributed by atoms with van der Waals surface area (Å²) in [5.74, 6) is -0.452. The minimum Gasteiger partial charge on any atom is -0.484 e. The number of hydrogen-bond acceptors (Lipinski definition) is 5. The highest BCUT2D eigenvalue weighted by atomic mass is 79.9. The second-order valence-corrected chi connectivity index (χ2v) is 6.99. The number of hydrogen-bond donors (Lipinski definition) is 3. The fourth-order valence-electron chi connectivity index (χ4n) is 2.23. The van der Waals surface area contributed by atoms with Crippen molar-refractivity contribution >= 4 is 50.7 Å². The molecule has 3 N–H and O–H groups in total. The Morgan fingerprint density at radius 1 is 0.931 bits per heavy atom. The summed E-state index contributed by atoms with van der Waals surface area (Å²) in [6.07, 6.45) is -0.0255. The summed E-state index contributed by atoms with van der Waals surface area (Å²) < 4.78 is 6.25. The van der Waals surface area contributed by atoms with Gasteiger partial charge in [-0.05, 0) is 43.3 Å². The second kappa shape index (κ2) is 11.0. The molecule has 0 fully saturated rings. The van der Waals surface area contributed by atoms with Gasteiger partial charge in [0.25, 0.3) is 5.91 Å². The first-order chi connectivity index (χ1) is 13.8. The largest absolute Gasteiger partial charge is 0.484 e. The molecular weight excluding hydrogens is 440 g/mol. The average Bonchev–Trinajstić information content (AvgIpc) is 2.67. The zero-order valence-corrected chi connectivity index (χ0v) is 17.6. The molecule has 0 spiro atoms. The molecular formula is C20H21BrN4O4. The van der Waals surface area contributed by atoms with Gasteiger partial charge in [0.05, 0.1) is 17.8 Å². The smallest absolute Gasteiger partial charge is 0.277 e. The number of carbonyl (C=O) groups is 3. The van der Waals surface area contributed by atoms with Gasteiger partial charge in [0, 0.05) is 17.1 Å². The van der Waals surface area contributed by atoms with E-state index in [9.17, 15) is 14.4 Å². The lowest BCUT2D eigenvalue weighted by Gasteiger charge is -2.11. The average molecular weight is 461 g/mol. The van der Waals surface area contributed by atoms with E-state index in [0.29, 0.717) is 22.8 Å². The van der Waals surface area contributed by atoms with Crippen molar-refractivity contribution in [3.63, 3.8) is 0 Å². The maximum atomic E-state index is 12.2. The first-order valence-electron chi connectivity index (χ1n) is 8.70. The number of ether oxygens (including phenoxy) is 1. The number of halogens is 1. The Kier molecular flexibility index (Phi) is 8.35. The van der Waals surface area contributed by atoms with Crippen LogP contribution in [0.5, 0.6) is 5.75 Å². The van der Waals surface area contributed by atoms with E-state index in [-0.39, 0.29) is 24.8 Å². The Bertz CT molecular complexity index is 913. The van der Waals surface area contributed by atoms with Crippen LogP contribution in [0.15, 0.2) is 58.1 Å². The Balaban J connectivity index is 1.81. The SMILES string of the molecule is CC(=O)Nc1ccccc1NC(=O)CC(C)=NNC(=O)COc1ccc(Br)cc1. The third kappa shape index (κ3) is 8.14. The van der Waals surface area contributed by atoms with Crippen molar-refractivity contribution in [3.8, 4) is 5.75 Å². The number of nitrogens with one attached hydrogen (secondary N) is 3. The fourth-order valence-corrected chi connectivity index (χ4v) is 2.49. The van der Waals surface area contributed by atoms with Gasteiger partial charge in [-0.2, -0.15) is 5.10 Å². The lowest BCUT2D eigenvalue weighted by molar-refractivity contribution is -0.123. The molecule has 9 heteroatoms. The topological polar surface area (TPSA) is 109 Å². The van der Waals surface area contributed by atoms with Crippen LogP contribution >= 0.6 is 15.9 Å². The zero-order chi connectivity index (χ0) is 21.2. The summed E-state index contributed by atoms with van der Waals surface area (Å²) in [5, 5.41) is 9.26. The number of rotatable bonds is 8. The molecule has 0 aromatic heterocycles. The van der Waals surface area contributed by atoms with Gasteiger partial charge in [-0.15, -0.1) is 0 Å². The Morgan fingerprint density at radius 3 is 2.17 bits per heavy atom. The van der Waals surface area contributed by atoms with E-state index in [1.165, 1.54) is 6.92 Å². The number of benzene rings is 2. The monoisotopic (exact) mass is 460 g/mol. The normalized spacial score (nSPS) is 10.8. The molecule has 0 radical (unpaired) electrons. The predicted octanol–water partition coefficient (Wildman–Crippen LogP) is 3.31. The van der Waals surface area contributed by atoms with Gasteiger partial charge in [-0.1, -0.05) is 28.1 Å². The lowest BCUT2D eigenvalue weighted by atomic mass is 10.2. The highest BCUT2D eigenvalue weighted by molar-refractivity contribution is 9.10. The van der Waals surface area contributed by atoms with Crippen molar-refractivity contribution in [1.82, 2.24) is 5.43 Å². The number of carbonyl (C=O) groups excluding carboxylic acids is 3. The van der Waals surface area contributed by atoms with Crippen molar-refractivity contribution in [2.75, 3.05) is 17.2 Å². The Morgan fingerprint density at radius 2 is 1.55 bits per heavy atom. The van der Waals surface area contributed by atoms with E-state index in [0.717, 1.165) is 4.47 Å². The molecule has 0 aliphatic rings. The van der Waals surface area contributed by atoms with Crippen LogP contribution in [-0.2, 0) is 14.4 Å². The van der Waals surface area contributed by atoms with Gasteiger partial charge in [-0.3, -0.25) is 14.4 Å². The third-order valence-corrected chi connectivity index (χ3v) is 4.01. The molecule has 0 saturated carbocycles. The number of nitrogens with zero attached hydrogens (tertiary/aromatic N) is 1. The van der Waals surface area contributed by atoms with Crippen LogP contribution < -0.4 is 20.8 Å². The van der Waals surface area contributed by atoms with Crippen LogP contribution in [0, 0.1) is 0 Å². The zero-order valence-electron chi connectivity index (χ0n) is 16.0. The van der Waals surface area contributed by atoms with E-state index in [1.807, 2.05) is 0 Å².